The average molecular weight is 391 g/mol. The molecule has 5 rings (SSSR count). The van der Waals surface area contributed by atoms with Crippen LogP contribution in [0.15, 0.2) is 36.8 Å². The molecule has 1 aromatic carbocycles. The van der Waals surface area contributed by atoms with E-state index in [1.165, 1.54) is 0 Å². The lowest BCUT2D eigenvalue weighted by Crippen LogP contribution is -2.32. The van der Waals surface area contributed by atoms with E-state index in [0.29, 0.717) is 11.6 Å². The average Bonchev–Trinajstić information content (AvgIpc) is 3.31. The SMILES string of the molecule is CCN1CCC(c2cn3cc(-c4cc(C)c5nn(C)cc5c4)cc(F)c3n2)CC1. The highest BCUT2D eigenvalue weighted by atomic mass is 19.1. The summed E-state index contributed by atoms with van der Waals surface area (Å²) in [5.41, 5.74) is 5.36. The number of pyridine rings is 1. The number of nitrogens with zero attached hydrogens (tertiary/aromatic N) is 5. The van der Waals surface area contributed by atoms with E-state index in [-0.39, 0.29) is 5.82 Å². The number of likely N-dealkylation sites (tertiary alicyclic amines) is 1. The lowest BCUT2D eigenvalue weighted by molar-refractivity contribution is 0.221. The summed E-state index contributed by atoms with van der Waals surface area (Å²) < 4.78 is 18.6. The smallest absolute Gasteiger partial charge is 0.173 e. The molecule has 0 amide bonds. The van der Waals surface area contributed by atoms with E-state index in [9.17, 15) is 4.39 Å². The van der Waals surface area contributed by atoms with Gasteiger partial charge in [-0.25, -0.2) is 9.37 Å². The molecule has 0 bridgehead atoms. The highest BCUT2D eigenvalue weighted by molar-refractivity contribution is 5.87. The van der Waals surface area contributed by atoms with Crippen molar-refractivity contribution in [1.29, 1.82) is 0 Å². The first-order valence-corrected chi connectivity index (χ1v) is 10.4. The number of hydrogen-bond donors (Lipinski definition) is 0. The van der Waals surface area contributed by atoms with E-state index in [1.807, 2.05) is 41.6 Å². The van der Waals surface area contributed by atoms with Crippen LogP contribution in [0.25, 0.3) is 27.7 Å². The van der Waals surface area contributed by atoms with Crippen LogP contribution < -0.4 is 0 Å². The van der Waals surface area contributed by atoms with Gasteiger partial charge in [0.2, 0.25) is 0 Å². The van der Waals surface area contributed by atoms with Gasteiger partial charge in [-0.2, -0.15) is 5.10 Å². The Hall–Kier alpha value is -2.73. The summed E-state index contributed by atoms with van der Waals surface area (Å²) in [7, 11) is 1.92. The summed E-state index contributed by atoms with van der Waals surface area (Å²) in [5, 5.41) is 5.57. The fourth-order valence-electron chi connectivity index (χ4n) is 4.57. The molecule has 150 valence electrons. The minimum absolute atomic E-state index is 0.274. The van der Waals surface area contributed by atoms with Crippen LogP contribution >= 0.6 is 0 Å². The van der Waals surface area contributed by atoms with E-state index in [1.54, 1.807) is 6.07 Å². The second kappa shape index (κ2) is 6.95. The van der Waals surface area contributed by atoms with E-state index < -0.39 is 0 Å². The molecule has 0 N–H and O–H groups in total. The molecule has 0 aliphatic carbocycles. The molecule has 0 unspecified atom stereocenters. The first-order valence-electron chi connectivity index (χ1n) is 10.4. The molecule has 0 saturated carbocycles. The van der Waals surface area contributed by atoms with Gasteiger partial charge in [-0.15, -0.1) is 0 Å². The second-order valence-corrected chi connectivity index (χ2v) is 8.22. The van der Waals surface area contributed by atoms with Crippen LogP contribution in [0.5, 0.6) is 0 Å². The molecule has 0 atom stereocenters. The quantitative estimate of drug-likeness (QED) is 0.515. The zero-order chi connectivity index (χ0) is 20.1. The Labute approximate surface area is 169 Å². The summed E-state index contributed by atoms with van der Waals surface area (Å²) in [6.07, 6.45) is 8.18. The van der Waals surface area contributed by atoms with Gasteiger partial charge in [0.25, 0.3) is 0 Å². The molecule has 1 fully saturated rings. The zero-order valence-corrected chi connectivity index (χ0v) is 17.2. The summed E-state index contributed by atoms with van der Waals surface area (Å²) >= 11 is 0. The van der Waals surface area contributed by atoms with Gasteiger partial charge in [-0.3, -0.25) is 4.68 Å². The Morgan fingerprint density at radius 1 is 1.07 bits per heavy atom. The number of benzene rings is 1. The highest BCUT2D eigenvalue weighted by Crippen LogP contribution is 2.31. The number of piperidine rings is 1. The van der Waals surface area contributed by atoms with Crippen molar-refractivity contribution in [2.75, 3.05) is 19.6 Å². The second-order valence-electron chi connectivity index (χ2n) is 8.22. The van der Waals surface area contributed by atoms with Crippen molar-refractivity contribution >= 4 is 16.6 Å². The van der Waals surface area contributed by atoms with Crippen LogP contribution in [-0.2, 0) is 7.05 Å². The molecule has 6 heteroatoms. The monoisotopic (exact) mass is 391 g/mol. The van der Waals surface area contributed by atoms with Crippen LogP contribution in [0, 0.1) is 12.7 Å². The molecular formula is C23H26FN5. The number of hydrogen-bond acceptors (Lipinski definition) is 3. The minimum atomic E-state index is -0.274. The maximum Gasteiger partial charge on any atom is 0.173 e. The number of rotatable bonds is 3. The maximum atomic E-state index is 14.9. The van der Waals surface area contributed by atoms with Crippen LogP contribution in [0.4, 0.5) is 4.39 Å². The Bertz CT molecular complexity index is 1200. The van der Waals surface area contributed by atoms with Crippen molar-refractivity contribution in [3.63, 3.8) is 0 Å². The van der Waals surface area contributed by atoms with Crippen molar-refractivity contribution in [1.82, 2.24) is 24.1 Å². The number of imidazole rings is 1. The number of aryl methyl sites for hydroxylation is 2. The van der Waals surface area contributed by atoms with Crippen LogP contribution in [0.2, 0.25) is 0 Å². The minimum Gasteiger partial charge on any atom is -0.304 e. The molecular weight excluding hydrogens is 365 g/mol. The van der Waals surface area contributed by atoms with Gasteiger partial charge >= 0.3 is 0 Å². The fraction of sp³-hybridized carbons (Fsp3) is 0.391. The van der Waals surface area contributed by atoms with Gasteiger partial charge in [0.15, 0.2) is 11.5 Å². The lowest BCUT2D eigenvalue weighted by atomic mass is 9.94. The highest BCUT2D eigenvalue weighted by Gasteiger charge is 2.22. The van der Waals surface area contributed by atoms with Gasteiger partial charge < -0.3 is 9.30 Å². The maximum absolute atomic E-state index is 14.9. The molecule has 0 radical (unpaired) electrons. The summed E-state index contributed by atoms with van der Waals surface area (Å²) in [4.78, 5) is 7.11. The number of fused-ring (bicyclic) bond motifs is 2. The molecule has 1 aliphatic heterocycles. The fourth-order valence-corrected chi connectivity index (χ4v) is 4.57. The van der Waals surface area contributed by atoms with Crippen LogP contribution in [-0.4, -0.2) is 43.7 Å². The normalized spacial score (nSPS) is 16.3. The number of halogens is 1. The van der Waals surface area contributed by atoms with Gasteiger partial charge in [0.05, 0.1) is 11.2 Å². The predicted octanol–water partition coefficient (Wildman–Crippen LogP) is 4.53. The van der Waals surface area contributed by atoms with Crippen molar-refractivity contribution in [2.45, 2.75) is 32.6 Å². The molecule has 0 spiro atoms. The predicted molar refractivity (Wildman–Crippen MR) is 114 cm³/mol. The van der Waals surface area contributed by atoms with Crippen molar-refractivity contribution in [3.8, 4) is 11.1 Å². The molecule has 1 saturated heterocycles. The molecule has 3 aromatic heterocycles. The Morgan fingerprint density at radius 3 is 2.62 bits per heavy atom. The molecule has 4 heterocycles. The van der Waals surface area contributed by atoms with Crippen LogP contribution in [0.3, 0.4) is 0 Å². The first kappa shape index (κ1) is 18.3. The van der Waals surface area contributed by atoms with Gasteiger partial charge in [-0.05, 0) is 68.7 Å². The third kappa shape index (κ3) is 3.21. The summed E-state index contributed by atoms with van der Waals surface area (Å²) in [5.74, 6) is 0.137. The molecule has 5 nitrogen and oxygen atoms in total. The van der Waals surface area contributed by atoms with Crippen molar-refractivity contribution in [2.24, 2.45) is 7.05 Å². The summed E-state index contributed by atoms with van der Waals surface area (Å²) in [6, 6.07) is 5.76. The van der Waals surface area contributed by atoms with Crippen molar-refractivity contribution < 1.29 is 4.39 Å². The van der Waals surface area contributed by atoms with E-state index >= 15 is 0 Å². The van der Waals surface area contributed by atoms with Crippen LogP contribution in [0.1, 0.15) is 36.9 Å². The van der Waals surface area contributed by atoms with E-state index in [2.05, 4.69) is 34.0 Å². The topological polar surface area (TPSA) is 38.4 Å². The van der Waals surface area contributed by atoms with Crippen molar-refractivity contribution in [3.05, 3.63) is 53.9 Å². The third-order valence-electron chi connectivity index (χ3n) is 6.22. The van der Waals surface area contributed by atoms with E-state index in [4.69, 9.17) is 0 Å². The Morgan fingerprint density at radius 2 is 1.86 bits per heavy atom. The Kier molecular flexibility index (Phi) is 4.39. The van der Waals surface area contributed by atoms with Gasteiger partial charge in [-0.1, -0.05) is 6.92 Å². The molecule has 4 aromatic rings. The first-order chi connectivity index (χ1) is 14.0. The molecule has 29 heavy (non-hydrogen) atoms. The zero-order valence-electron chi connectivity index (χ0n) is 17.2. The standard InChI is InChI=1S/C23H26FN5/c1-4-28-7-5-16(6-8-28)21-14-29-13-18(11-20(24)23(29)25-21)17-9-15(2)22-19(10-17)12-27(3)26-22/h9-14,16H,4-8H2,1-3H3. The van der Waals surface area contributed by atoms with Gasteiger partial charge in [0.1, 0.15) is 0 Å². The lowest BCUT2D eigenvalue weighted by Gasteiger charge is -2.30. The largest absolute Gasteiger partial charge is 0.304 e. The van der Waals surface area contributed by atoms with E-state index in [0.717, 1.165) is 65.8 Å². The Balaban J connectivity index is 1.53. The summed E-state index contributed by atoms with van der Waals surface area (Å²) in [6.45, 7) is 7.52. The third-order valence-corrected chi connectivity index (χ3v) is 6.22. The number of aromatic nitrogens is 4. The molecule has 1 aliphatic rings. The van der Waals surface area contributed by atoms with Gasteiger partial charge in [0, 0.05) is 42.5 Å².